The van der Waals surface area contributed by atoms with Crippen LogP contribution in [0.15, 0.2) is 24.3 Å². The van der Waals surface area contributed by atoms with Gasteiger partial charge in [-0.15, -0.1) is 0 Å². The summed E-state index contributed by atoms with van der Waals surface area (Å²) in [7, 11) is 0. The molecule has 2 amide bonds. The molecular formula is C18H26ClN3O3. The van der Waals surface area contributed by atoms with E-state index in [-0.39, 0.29) is 30.6 Å². The molecular weight excluding hydrogens is 342 g/mol. The monoisotopic (exact) mass is 367 g/mol. The lowest BCUT2D eigenvalue weighted by atomic mass is 10.1. The molecule has 1 fully saturated rings. The number of carbonyl (C=O) groups is 2. The molecule has 1 atom stereocenters. The summed E-state index contributed by atoms with van der Waals surface area (Å²) in [5.41, 5.74) is 0.972. The van der Waals surface area contributed by atoms with Crippen LogP contribution in [-0.4, -0.2) is 49.2 Å². The van der Waals surface area contributed by atoms with Gasteiger partial charge in [0.1, 0.15) is 0 Å². The standard InChI is InChI=1S/C18H26ClN3O3/c1-3-25-18(24)22-10-8-14(9-11-22)21-17(23)12-20-13(2)15-6-4-5-7-16(15)19/h4-7,13-14,20H,3,8-12H2,1-2H3,(H,21,23)/t13-/m0/s1. The van der Waals surface area contributed by atoms with Crippen molar-refractivity contribution in [3.05, 3.63) is 34.9 Å². The minimum absolute atomic E-state index is 0.00916. The largest absolute Gasteiger partial charge is 0.450 e. The van der Waals surface area contributed by atoms with Gasteiger partial charge in [0, 0.05) is 30.2 Å². The lowest BCUT2D eigenvalue weighted by molar-refractivity contribution is -0.121. The molecule has 1 aliphatic heterocycles. The third-order valence-corrected chi connectivity index (χ3v) is 4.67. The molecule has 138 valence electrons. The van der Waals surface area contributed by atoms with E-state index in [9.17, 15) is 9.59 Å². The Morgan fingerprint density at radius 3 is 2.64 bits per heavy atom. The van der Waals surface area contributed by atoms with Gasteiger partial charge in [-0.1, -0.05) is 29.8 Å². The molecule has 1 aromatic carbocycles. The summed E-state index contributed by atoms with van der Waals surface area (Å²) in [6.07, 6.45) is 1.21. The first kappa shape index (κ1) is 19.5. The molecule has 0 bridgehead atoms. The van der Waals surface area contributed by atoms with Crippen LogP contribution in [0.3, 0.4) is 0 Å². The van der Waals surface area contributed by atoms with Gasteiger partial charge < -0.3 is 20.3 Å². The number of benzene rings is 1. The Morgan fingerprint density at radius 2 is 2.00 bits per heavy atom. The Bertz CT molecular complexity index is 589. The number of likely N-dealkylation sites (tertiary alicyclic amines) is 1. The van der Waals surface area contributed by atoms with Gasteiger partial charge in [0.25, 0.3) is 0 Å². The second-order valence-electron chi connectivity index (χ2n) is 6.15. The fourth-order valence-corrected chi connectivity index (χ4v) is 3.18. The lowest BCUT2D eigenvalue weighted by Crippen LogP contribution is -2.48. The minimum atomic E-state index is -0.275. The van der Waals surface area contributed by atoms with Gasteiger partial charge in [0.15, 0.2) is 0 Å². The summed E-state index contributed by atoms with van der Waals surface area (Å²) in [4.78, 5) is 25.5. The molecule has 1 aromatic rings. The van der Waals surface area contributed by atoms with Crippen LogP contribution in [0.5, 0.6) is 0 Å². The predicted octanol–water partition coefficient (Wildman–Crippen LogP) is 2.73. The van der Waals surface area contributed by atoms with E-state index in [0.29, 0.717) is 24.7 Å². The molecule has 2 rings (SSSR count). The maximum Gasteiger partial charge on any atom is 0.409 e. The van der Waals surface area contributed by atoms with Crippen molar-refractivity contribution in [3.63, 3.8) is 0 Å². The van der Waals surface area contributed by atoms with E-state index in [1.165, 1.54) is 0 Å². The maximum atomic E-state index is 12.1. The van der Waals surface area contributed by atoms with Gasteiger partial charge in [-0.3, -0.25) is 4.79 Å². The molecule has 0 unspecified atom stereocenters. The van der Waals surface area contributed by atoms with Crippen molar-refractivity contribution in [1.29, 1.82) is 0 Å². The van der Waals surface area contributed by atoms with Crippen LogP contribution in [0.1, 0.15) is 38.3 Å². The summed E-state index contributed by atoms with van der Waals surface area (Å²) >= 11 is 6.17. The van der Waals surface area contributed by atoms with Gasteiger partial charge in [-0.05, 0) is 38.3 Å². The van der Waals surface area contributed by atoms with Crippen molar-refractivity contribution in [2.75, 3.05) is 26.2 Å². The third-order valence-electron chi connectivity index (χ3n) is 4.33. The van der Waals surface area contributed by atoms with Gasteiger partial charge in [0.2, 0.25) is 5.91 Å². The molecule has 0 spiro atoms. The fraction of sp³-hybridized carbons (Fsp3) is 0.556. The number of ether oxygens (including phenoxy) is 1. The van der Waals surface area contributed by atoms with E-state index in [4.69, 9.17) is 16.3 Å². The number of hydrogen-bond acceptors (Lipinski definition) is 4. The number of amides is 2. The average Bonchev–Trinajstić information content (AvgIpc) is 2.61. The van der Waals surface area contributed by atoms with E-state index in [2.05, 4.69) is 10.6 Å². The number of nitrogens with one attached hydrogen (secondary N) is 2. The zero-order chi connectivity index (χ0) is 18.2. The van der Waals surface area contributed by atoms with Crippen LogP contribution in [0.4, 0.5) is 4.79 Å². The normalized spacial score (nSPS) is 16.4. The summed E-state index contributed by atoms with van der Waals surface area (Å²) < 4.78 is 4.99. The Morgan fingerprint density at radius 1 is 1.32 bits per heavy atom. The molecule has 0 aliphatic carbocycles. The van der Waals surface area contributed by atoms with Crippen molar-refractivity contribution in [3.8, 4) is 0 Å². The van der Waals surface area contributed by atoms with Crippen molar-refractivity contribution < 1.29 is 14.3 Å². The second kappa shape index (κ2) is 9.63. The first-order valence-electron chi connectivity index (χ1n) is 8.70. The van der Waals surface area contributed by atoms with Crippen LogP contribution in [-0.2, 0) is 9.53 Å². The Hall–Kier alpha value is -1.79. The smallest absolute Gasteiger partial charge is 0.409 e. The highest BCUT2D eigenvalue weighted by molar-refractivity contribution is 6.31. The third kappa shape index (κ3) is 5.90. The molecule has 1 aliphatic rings. The van der Waals surface area contributed by atoms with Crippen LogP contribution < -0.4 is 10.6 Å². The van der Waals surface area contributed by atoms with Gasteiger partial charge in [-0.2, -0.15) is 0 Å². The number of piperidine rings is 1. The van der Waals surface area contributed by atoms with Gasteiger partial charge in [-0.25, -0.2) is 4.79 Å². The zero-order valence-electron chi connectivity index (χ0n) is 14.8. The maximum absolute atomic E-state index is 12.1. The minimum Gasteiger partial charge on any atom is -0.450 e. The number of carbonyl (C=O) groups excluding carboxylic acids is 2. The van der Waals surface area contributed by atoms with E-state index >= 15 is 0 Å². The van der Waals surface area contributed by atoms with Gasteiger partial charge >= 0.3 is 6.09 Å². The highest BCUT2D eigenvalue weighted by atomic mass is 35.5. The molecule has 1 saturated heterocycles. The second-order valence-corrected chi connectivity index (χ2v) is 6.56. The Kier molecular flexibility index (Phi) is 7.52. The highest BCUT2D eigenvalue weighted by Gasteiger charge is 2.24. The average molecular weight is 368 g/mol. The number of nitrogens with zero attached hydrogens (tertiary/aromatic N) is 1. The molecule has 7 heteroatoms. The molecule has 0 saturated carbocycles. The Labute approximate surface area is 153 Å². The molecule has 6 nitrogen and oxygen atoms in total. The molecule has 2 N–H and O–H groups in total. The van der Waals surface area contributed by atoms with Crippen molar-refractivity contribution in [1.82, 2.24) is 15.5 Å². The van der Waals surface area contributed by atoms with Crippen LogP contribution >= 0.6 is 11.6 Å². The van der Waals surface area contributed by atoms with Crippen LogP contribution in [0, 0.1) is 0 Å². The molecule has 0 aromatic heterocycles. The topological polar surface area (TPSA) is 70.7 Å². The molecule has 25 heavy (non-hydrogen) atoms. The zero-order valence-corrected chi connectivity index (χ0v) is 15.5. The summed E-state index contributed by atoms with van der Waals surface area (Å²) in [5.74, 6) is -0.0477. The van der Waals surface area contributed by atoms with E-state index in [1.54, 1.807) is 11.8 Å². The van der Waals surface area contributed by atoms with Crippen LogP contribution in [0.2, 0.25) is 5.02 Å². The van der Waals surface area contributed by atoms with E-state index in [1.807, 2.05) is 31.2 Å². The number of hydrogen-bond donors (Lipinski definition) is 2. The molecule has 0 radical (unpaired) electrons. The Balaban J connectivity index is 1.71. The van der Waals surface area contributed by atoms with Crippen molar-refractivity contribution in [2.45, 2.75) is 38.8 Å². The first-order chi connectivity index (χ1) is 12.0. The first-order valence-corrected chi connectivity index (χ1v) is 9.08. The summed E-state index contributed by atoms with van der Waals surface area (Å²) in [6.45, 7) is 5.59. The van der Waals surface area contributed by atoms with Crippen molar-refractivity contribution in [2.24, 2.45) is 0 Å². The van der Waals surface area contributed by atoms with Crippen molar-refractivity contribution >= 4 is 23.6 Å². The molecule has 1 heterocycles. The summed E-state index contributed by atoms with van der Waals surface area (Å²) in [6, 6.07) is 7.68. The summed E-state index contributed by atoms with van der Waals surface area (Å²) in [5, 5.41) is 6.90. The quantitative estimate of drug-likeness (QED) is 0.811. The number of halogens is 1. The lowest BCUT2D eigenvalue weighted by Gasteiger charge is -2.31. The fourth-order valence-electron chi connectivity index (χ4n) is 2.88. The predicted molar refractivity (Wildman–Crippen MR) is 97.6 cm³/mol. The van der Waals surface area contributed by atoms with E-state index in [0.717, 1.165) is 18.4 Å². The SMILES string of the molecule is CCOC(=O)N1CCC(NC(=O)CN[C@@H](C)c2ccccc2Cl)CC1. The van der Waals surface area contributed by atoms with Crippen LogP contribution in [0.25, 0.3) is 0 Å². The highest BCUT2D eigenvalue weighted by Crippen LogP contribution is 2.21. The van der Waals surface area contributed by atoms with Gasteiger partial charge in [0.05, 0.1) is 13.2 Å². The number of rotatable bonds is 6. The van der Waals surface area contributed by atoms with E-state index < -0.39 is 0 Å².